The van der Waals surface area contributed by atoms with Crippen LogP contribution in [0.5, 0.6) is 0 Å². The number of carbonyl (C=O) groups is 2. The molecule has 0 aromatic heterocycles. The molecule has 0 saturated carbocycles. The van der Waals surface area contributed by atoms with Crippen molar-refractivity contribution in [2.75, 3.05) is 39.4 Å². The number of piperidine rings is 1. The lowest BCUT2D eigenvalue weighted by Gasteiger charge is -2.33. The predicted octanol–water partition coefficient (Wildman–Crippen LogP) is -0.327. The van der Waals surface area contributed by atoms with Crippen molar-refractivity contribution in [2.24, 2.45) is 0 Å². The highest BCUT2D eigenvalue weighted by Crippen LogP contribution is 2.24. The van der Waals surface area contributed by atoms with Gasteiger partial charge in [-0.3, -0.25) is 14.9 Å². The van der Waals surface area contributed by atoms with Gasteiger partial charge in [-0.25, -0.2) is 0 Å². The summed E-state index contributed by atoms with van der Waals surface area (Å²) in [5.74, 6) is -0.499. The number of amides is 2. The van der Waals surface area contributed by atoms with Crippen LogP contribution < -0.4 is 5.32 Å². The molecule has 3 aliphatic heterocycles. The molecule has 0 atom stereocenters. The Labute approximate surface area is 112 Å². The van der Waals surface area contributed by atoms with Crippen LogP contribution in [0, 0.1) is 0 Å². The molecule has 0 aromatic rings. The first-order valence-corrected chi connectivity index (χ1v) is 6.95. The van der Waals surface area contributed by atoms with E-state index < -0.39 is 0 Å². The Morgan fingerprint density at radius 2 is 1.32 bits per heavy atom. The summed E-state index contributed by atoms with van der Waals surface area (Å²) in [5, 5.41) is 2.44. The molecular formula is C13H19N3O3. The van der Waals surface area contributed by atoms with E-state index in [1.165, 1.54) is 6.42 Å². The summed E-state index contributed by atoms with van der Waals surface area (Å²) in [7, 11) is 0. The maximum atomic E-state index is 12.0. The largest absolute Gasteiger partial charge is 0.378 e. The lowest BCUT2D eigenvalue weighted by molar-refractivity contribution is -0.125. The Morgan fingerprint density at radius 3 is 1.89 bits per heavy atom. The van der Waals surface area contributed by atoms with E-state index in [-0.39, 0.29) is 11.8 Å². The van der Waals surface area contributed by atoms with Gasteiger partial charge in [-0.2, -0.15) is 0 Å². The molecule has 0 aliphatic carbocycles. The molecule has 0 spiro atoms. The monoisotopic (exact) mass is 265 g/mol. The van der Waals surface area contributed by atoms with Gasteiger partial charge in [-0.1, -0.05) is 0 Å². The van der Waals surface area contributed by atoms with Crippen LogP contribution in [0.1, 0.15) is 19.3 Å². The normalized spacial score (nSPS) is 25.1. The molecule has 19 heavy (non-hydrogen) atoms. The Hall–Kier alpha value is -1.56. The third-order valence-electron chi connectivity index (χ3n) is 3.88. The second kappa shape index (κ2) is 5.21. The predicted molar refractivity (Wildman–Crippen MR) is 68.0 cm³/mol. The minimum Gasteiger partial charge on any atom is -0.378 e. The zero-order valence-electron chi connectivity index (χ0n) is 11.0. The first-order chi connectivity index (χ1) is 9.27. The number of hydrogen-bond acceptors (Lipinski definition) is 5. The van der Waals surface area contributed by atoms with Crippen LogP contribution in [0.15, 0.2) is 11.4 Å². The molecule has 0 radical (unpaired) electrons. The van der Waals surface area contributed by atoms with Gasteiger partial charge < -0.3 is 14.5 Å². The number of hydrogen-bond donors (Lipinski definition) is 1. The van der Waals surface area contributed by atoms with Gasteiger partial charge in [0.1, 0.15) is 11.4 Å². The quantitative estimate of drug-likeness (QED) is 0.693. The van der Waals surface area contributed by atoms with E-state index in [0.29, 0.717) is 37.7 Å². The molecule has 6 nitrogen and oxygen atoms in total. The van der Waals surface area contributed by atoms with Crippen molar-refractivity contribution >= 4 is 11.8 Å². The Balaban J connectivity index is 1.90. The summed E-state index contributed by atoms with van der Waals surface area (Å²) < 4.78 is 5.31. The minimum absolute atomic E-state index is 0.242. The molecule has 104 valence electrons. The standard InChI is InChI=1S/C13H19N3O3/c17-12-10(15-4-2-1-3-5-15)11(13(18)14-12)16-6-8-19-9-7-16/h1-9H2,(H,14,17,18). The molecule has 6 heteroatoms. The number of nitrogens with one attached hydrogen (secondary N) is 1. The van der Waals surface area contributed by atoms with Crippen molar-refractivity contribution in [1.29, 1.82) is 0 Å². The molecule has 3 heterocycles. The summed E-state index contributed by atoms with van der Waals surface area (Å²) in [6, 6.07) is 0. The van der Waals surface area contributed by atoms with Gasteiger partial charge >= 0.3 is 0 Å². The van der Waals surface area contributed by atoms with Gasteiger partial charge in [-0.05, 0) is 19.3 Å². The summed E-state index contributed by atoms with van der Waals surface area (Å²) >= 11 is 0. The maximum Gasteiger partial charge on any atom is 0.276 e. The van der Waals surface area contributed by atoms with Crippen LogP contribution in [0.4, 0.5) is 0 Å². The molecule has 0 unspecified atom stereocenters. The molecule has 2 saturated heterocycles. The average molecular weight is 265 g/mol. The summed E-state index contributed by atoms with van der Waals surface area (Å²) in [4.78, 5) is 28.1. The van der Waals surface area contributed by atoms with Crippen molar-refractivity contribution in [3.05, 3.63) is 11.4 Å². The third-order valence-corrected chi connectivity index (χ3v) is 3.88. The van der Waals surface area contributed by atoms with E-state index in [9.17, 15) is 9.59 Å². The number of morpholine rings is 1. The van der Waals surface area contributed by atoms with Gasteiger partial charge in [0, 0.05) is 26.2 Å². The number of nitrogens with zero attached hydrogens (tertiary/aromatic N) is 2. The van der Waals surface area contributed by atoms with E-state index in [2.05, 4.69) is 10.2 Å². The molecule has 0 bridgehead atoms. The van der Waals surface area contributed by atoms with Crippen molar-refractivity contribution in [1.82, 2.24) is 15.1 Å². The van der Waals surface area contributed by atoms with E-state index >= 15 is 0 Å². The summed E-state index contributed by atoms with van der Waals surface area (Å²) in [6.07, 6.45) is 3.37. The van der Waals surface area contributed by atoms with Gasteiger partial charge in [0.2, 0.25) is 0 Å². The molecule has 0 aromatic carbocycles. The van der Waals surface area contributed by atoms with Crippen LogP contribution in [-0.2, 0) is 14.3 Å². The number of rotatable bonds is 2. The second-order valence-corrected chi connectivity index (χ2v) is 5.13. The summed E-state index contributed by atoms with van der Waals surface area (Å²) in [6.45, 7) is 4.30. The fourth-order valence-corrected chi connectivity index (χ4v) is 2.93. The molecule has 3 rings (SSSR count). The van der Waals surface area contributed by atoms with Crippen LogP contribution in [-0.4, -0.2) is 61.0 Å². The fraction of sp³-hybridized carbons (Fsp3) is 0.692. The van der Waals surface area contributed by atoms with Gasteiger partial charge in [-0.15, -0.1) is 0 Å². The van der Waals surface area contributed by atoms with E-state index in [1.807, 2.05) is 4.90 Å². The topological polar surface area (TPSA) is 61.9 Å². The number of carbonyl (C=O) groups excluding carboxylic acids is 2. The van der Waals surface area contributed by atoms with Gasteiger partial charge in [0.25, 0.3) is 11.8 Å². The molecular weight excluding hydrogens is 246 g/mol. The first-order valence-electron chi connectivity index (χ1n) is 6.95. The zero-order chi connectivity index (χ0) is 13.2. The number of likely N-dealkylation sites (tertiary alicyclic amines) is 1. The smallest absolute Gasteiger partial charge is 0.276 e. The van der Waals surface area contributed by atoms with Crippen molar-refractivity contribution < 1.29 is 14.3 Å². The molecule has 2 fully saturated rings. The van der Waals surface area contributed by atoms with Crippen molar-refractivity contribution in [3.63, 3.8) is 0 Å². The van der Waals surface area contributed by atoms with Crippen LogP contribution in [0.2, 0.25) is 0 Å². The van der Waals surface area contributed by atoms with E-state index in [4.69, 9.17) is 4.74 Å². The second-order valence-electron chi connectivity index (χ2n) is 5.13. The van der Waals surface area contributed by atoms with Crippen LogP contribution >= 0.6 is 0 Å². The fourth-order valence-electron chi connectivity index (χ4n) is 2.93. The maximum absolute atomic E-state index is 12.0. The van der Waals surface area contributed by atoms with Gasteiger partial charge in [0.05, 0.1) is 13.2 Å². The highest BCUT2D eigenvalue weighted by atomic mass is 16.5. The molecule has 1 N–H and O–H groups in total. The lowest BCUT2D eigenvalue weighted by Crippen LogP contribution is -2.40. The SMILES string of the molecule is O=C1NC(=O)C(N2CCOCC2)=C1N1CCCCC1. The van der Waals surface area contributed by atoms with Crippen molar-refractivity contribution in [3.8, 4) is 0 Å². The minimum atomic E-state index is -0.257. The van der Waals surface area contributed by atoms with E-state index in [0.717, 1.165) is 25.9 Å². The van der Waals surface area contributed by atoms with E-state index in [1.54, 1.807) is 0 Å². The number of ether oxygens (including phenoxy) is 1. The van der Waals surface area contributed by atoms with Crippen molar-refractivity contribution in [2.45, 2.75) is 19.3 Å². The highest BCUT2D eigenvalue weighted by molar-refractivity contribution is 6.18. The molecule has 3 aliphatic rings. The average Bonchev–Trinajstić information content (AvgIpc) is 2.75. The Morgan fingerprint density at radius 1 is 0.789 bits per heavy atom. The highest BCUT2D eigenvalue weighted by Gasteiger charge is 2.37. The Kier molecular flexibility index (Phi) is 3.42. The lowest BCUT2D eigenvalue weighted by atomic mass is 10.1. The Bertz CT molecular complexity index is 383. The van der Waals surface area contributed by atoms with Gasteiger partial charge in [0.15, 0.2) is 0 Å². The van der Waals surface area contributed by atoms with Crippen LogP contribution in [0.3, 0.4) is 0 Å². The summed E-state index contributed by atoms with van der Waals surface area (Å²) in [5.41, 5.74) is 1.13. The number of imide groups is 1. The van der Waals surface area contributed by atoms with Crippen LogP contribution in [0.25, 0.3) is 0 Å². The third kappa shape index (κ3) is 2.32. The molecule has 2 amide bonds. The first kappa shape index (κ1) is 12.5. The zero-order valence-corrected chi connectivity index (χ0v) is 11.0.